The van der Waals surface area contributed by atoms with E-state index in [2.05, 4.69) is 0 Å². The molecule has 0 aliphatic carbocycles. The summed E-state index contributed by atoms with van der Waals surface area (Å²) >= 11 is 5.92. The van der Waals surface area contributed by atoms with Crippen molar-refractivity contribution in [2.24, 2.45) is 0 Å². The summed E-state index contributed by atoms with van der Waals surface area (Å²) in [6.07, 6.45) is 0. The number of ether oxygens (including phenoxy) is 1. The first-order valence-corrected chi connectivity index (χ1v) is 5.57. The van der Waals surface area contributed by atoms with Gasteiger partial charge in [0.05, 0.1) is 5.69 Å². The molecular formula is C13H10ClF2NO. The zero-order chi connectivity index (χ0) is 13.1. The molecule has 0 aromatic heterocycles. The third-order valence-corrected chi connectivity index (χ3v) is 2.78. The number of benzene rings is 2. The lowest BCUT2D eigenvalue weighted by Crippen LogP contribution is -2.03. The standard InChI is InChI=1S/C13H10ClF2NO/c14-9-4-2-1-3-8(9)7-18-13-11(17)6-5-10(15)12(13)16/h1-6H,7,17H2. The van der Waals surface area contributed by atoms with Gasteiger partial charge in [-0.15, -0.1) is 0 Å². The highest BCUT2D eigenvalue weighted by molar-refractivity contribution is 6.31. The third kappa shape index (κ3) is 2.54. The van der Waals surface area contributed by atoms with E-state index in [0.29, 0.717) is 10.6 Å². The van der Waals surface area contributed by atoms with Crippen molar-refractivity contribution in [2.45, 2.75) is 6.61 Å². The number of rotatable bonds is 3. The van der Waals surface area contributed by atoms with Gasteiger partial charge in [-0.25, -0.2) is 4.39 Å². The zero-order valence-corrected chi connectivity index (χ0v) is 10.0. The van der Waals surface area contributed by atoms with E-state index >= 15 is 0 Å². The number of hydrogen-bond acceptors (Lipinski definition) is 2. The molecule has 2 nitrogen and oxygen atoms in total. The van der Waals surface area contributed by atoms with Crippen LogP contribution in [-0.4, -0.2) is 0 Å². The van der Waals surface area contributed by atoms with Gasteiger partial charge >= 0.3 is 0 Å². The van der Waals surface area contributed by atoms with Crippen molar-refractivity contribution in [3.63, 3.8) is 0 Å². The molecule has 0 saturated carbocycles. The highest BCUT2D eigenvalue weighted by Crippen LogP contribution is 2.28. The largest absolute Gasteiger partial charge is 0.483 e. The summed E-state index contributed by atoms with van der Waals surface area (Å²) in [5.41, 5.74) is 6.24. The lowest BCUT2D eigenvalue weighted by atomic mass is 10.2. The molecule has 2 aromatic carbocycles. The van der Waals surface area contributed by atoms with Crippen molar-refractivity contribution in [3.8, 4) is 5.75 Å². The summed E-state index contributed by atoms with van der Waals surface area (Å²) in [5.74, 6) is -2.39. The zero-order valence-electron chi connectivity index (χ0n) is 9.29. The van der Waals surface area contributed by atoms with Crippen molar-refractivity contribution in [2.75, 3.05) is 5.73 Å². The Balaban J connectivity index is 2.21. The number of halogens is 3. The van der Waals surface area contributed by atoms with Crippen LogP contribution in [0.4, 0.5) is 14.5 Å². The first kappa shape index (κ1) is 12.6. The summed E-state index contributed by atoms with van der Waals surface area (Å²) in [6, 6.07) is 9.16. The van der Waals surface area contributed by atoms with E-state index in [-0.39, 0.29) is 18.0 Å². The molecule has 0 heterocycles. The Morgan fingerprint density at radius 3 is 2.56 bits per heavy atom. The fourth-order valence-corrected chi connectivity index (χ4v) is 1.65. The number of nitrogens with two attached hydrogens (primary N) is 1. The van der Waals surface area contributed by atoms with Crippen LogP contribution in [0.1, 0.15) is 5.56 Å². The van der Waals surface area contributed by atoms with Crippen LogP contribution >= 0.6 is 11.6 Å². The second-order valence-corrected chi connectivity index (χ2v) is 4.07. The van der Waals surface area contributed by atoms with E-state index in [1.807, 2.05) is 0 Å². The van der Waals surface area contributed by atoms with Crippen molar-refractivity contribution < 1.29 is 13.5 Å². The van der Waals surface area contributed by atoms with Crippen LogP contribution in [0.25, 0.3) is 0 Å². The minimum Gasteiger partial charge on any atom is -0.483 e. The molecule has 0 unspecified atom stereocenters. The Labute approximate surface area is 108 Å². The second kappa shape index (κ2) is 5.23. The average Bonchev–Trinajstić information content (AvgIpc) is 2.36. The topological polar surface area (TPSA) is 35.2 Å². The Kier molecular flexibility index (Phi) is 3.67. The van der Waals surface area contributed by atoms with Crippen LogP contribution in [0, 0.1) is 11.6 Å². The van der Waals surface area contributed by atoms with Crippen molar-refractivity contribution in [1.29, 1.82) is 0 Å². The molecular weight excluding hydrogens is 260 g/mol. The number of hydrogen-bond donors (Lipinski definition) is 1. The Morgan fingerprint density at radius 2 is 1.83 bits per heavy atom. The fourth-order valence-electron chi connectivity index (χ4n) is 1.46. The van der Waals surface area contributed by atoms with Gasteiger partial charge < -0.3 is 10.5 Å². The van der Waals surface area contributed by atoms with E-state index in [4.69, 9.17) is 22.1 Å². The van der Waals surface area contributed by atoms with Gasteiger partial charge in [-0.3, -0.25) is 0 Å². The molecule has 0 spiro atoms. The molecule has 0 fully saturated rings. The van der Waals surface area contributed by atoms with E-state index in [9.17, 15) is 8.78 Å². The van der Waals surface area contributed by atoms with Gasteiger partial charge in [0.1, 0.15) is 6.61 Å². The van der Waals surface area contributed by atoms with Crippen LogP contribution in [0.2, 0.25) is 5.02 Å². The lowest BCUT2D eigenvalue weighted by molar-refractivity contribution is 0.286. The Morgan fingerprint density at radius 1 is 1.11 bits per heavy atom. The van der Waals surface area contributed by atoms with Gasteiger partial charge in [0.2, 0.25) is 5.82 Å². The van der Waals surface area contributed by atoms with Crippen molar-refractivity contribution in [3.05, 3.63) is 58.6 Å². The van der Waals surface area contributed by atoms with Crippen molar-refractivity contribution in [1.82, 2.24) is 0 Å². The SMILES string of the molecule is Nc1ccc(F)c(F)c1OCc1ccccc1Cl. The second-order valence-electron chi connectivity index (χ2n) is 3.66. The molecule has 0 bridgehead atoms. The van der Waals surface area contributed by atoms with Gasteiger partial charge in [-0.05, 0) is 18.2 Å². The quantitative estimate of drug-likeness (QED) is 0.861. The van der Waals surface area contributed by atoms with Crippen LogP contribution in [0.3, 0.4) is 0 Å². The predicted molar refractivity (Wildman–Crippen MR) is 66.6 cm³/mol. The van der Waals surface area contributed by atoms with Crippen LogP contribution < -0.4 is 10.5 Å². The molecule has 0 amide bonds. The lowest BCUT2D eigenvalue weighted by Gasteiger charge is -2.11. The maximum absolute atomic E-state index is 13.5. The third-order valence-electron chi connectivity index (χ3n) is 2.41. The molecule has 0 saturated heterocycles. The Hall–Kier alpha value is -1.81. The summed E-state index contributed by atoms with van der Waals surface area (Å²) in [5, 5.41) is 0.493. The fraction of sp³-hybridized carbons (Fsp3) is 0.0769. The predicted octanol–water partition coefficient (Wildman–Crippen LogP) is 3.78. The average molecular weight is 270 g/mol. The molecule has 2 N–H and O–H groups in total. The van der Waals surface area contributed by atoms with Crippen molar-refractivity contribution >= 4 is 17.3 Å². The Bertz CT molecular complexity index is 575. The van der Waals surface area contributed by atoms with E-state index in [1.54, 1.807) is 24.3 Å². The molecule has 2 rings (SSSR count). The van der Waals surface area contributed by atoms with E-state index in [0.717, 1.165) is 6.07 Å². The smallest absolute Gasteiger partial charge is 0.202 e. The minimum atomic E-state index is -1.10. The van der Waals surface area contributed by atoms with Gasteiger partial charge in [-0.2, -0.15) is 4.39 Å². The van der Waals surface area contributed by atoms with Gasteiger partial charge in [0.25, 0.3) is 0 Å². The highest BCUT2D eigenvalue weighted by atomic mass is 35.5. The molecule has 0 aliphatic rings. The van der Waals surface area contributed by atoms with E-state index in [1.165, 1.54) is 6.07 Å². The van der Waals surface area contributed by atoms with E-state index < -0.39 is 11.6 Å². The molecule has 5 heteroatoms. The monoisotopic (exact) mass is 269 g/mol. The first-order chi connectivity index (χ1) is 8.59. The van der Waals surface area contributed by atoms with Crippen LogP contribution in [-0.2, 0) is 6.61 Å². The summed E-state index contributed by atoms with van der Waals surface area (Å²) in [4.78, 5) is 0. The summed E-state index contributed by atoms with van der Waals surface area (Å²) < 4.78 is 31.7. The van der Waals surface area contributed by atoms with Crippen LogP contribution in [0.5, 0.6) is 5.75 Å². The van der Waals surface area contributed by atoms with Gasteiger partial charge in [0.15, 0.2) is 11.6 Å². The molecule has 94 valence electrons. The molecule has 18 heavy (non-hydrogen) atoms. The summed E-state index contributed by atoms with van der Waals surface area (Å²) in [6.45, 7) is 0.0181. The van der Waals surface area contributed by atoms with Gasteiger partial charge in [0, 0.05) is 10.6 Å². The minimum absolute atomic E-state index is 0.0181. The molecule has 0 atom stereocenters. The van der Waals surface area contributed by atoms with Gasteiger partial charge in [-0.1, -0.05) is 29.8 Å². The number of nitrogen functional groups attached to an aromatic ring is 1. The maximum Gasteiger partial charge on any atom is 0.202 e. The number of anilines is 1. The first-order valence-electron chi connectivity index (χ1n) is 5.19. The normalized spacial score (nSPS) is 10.4. The molecule has 0 radical (unpaired) electrons. The molecule has 2 aromatic rings. The highest BCUT2D eigenvalue weighted by Gasteiger charge is 2.13. The van der Waals surface area contributed by atoms with Crippen LogP contribution in [0.15, 0.2) is 36.4 Å². The molecule has 0 aliphatic heterocycles. The maximum atomic E-state index is 13.5. The summed E-state index contributed by atoms with van der Waals surface area (Å²) in [7, 11) is 0.